The van der Waals surface area contributed by atoms with Gasteiger partial charge < -0.3 is 10.1 Å². The Balaban J connectivity index is 1.97. The molecule has 0 aliphatic carbocycles. The van der Waals surface area contributed by atoms with Crippen LogP contribution in [0, 0.1) is 10.1 Å². The Bertz CT molecular complexity index is 1090. The molecule has 2 N–H and O–H groups in total. The van der Waals surface area contributed by atoms with E-state index in [1.165, 1.54) is 19.2 Å². The third-order valence-electron chi connectivity index (χ3n) is 3.70. The second-order valence-corrected chi connectivity index (χ2v) is 6.96. The molecule has 3 aromatic rings. The van der Waals surface area contributed by atoms with Crippen molar-refractivity contribution < 1.29 is 19.2 Å². The van der Waals surface area contributed by atoms with Gasteiger partial charge in [0.25, 0.3) is 11.6 Å². The van der Waals surface area contributed by atoms with Crippen molar-refractivity contribution in [1.29, 1.82) is 0 Å². The van der Waals surface area contributed by atoms with Gasteiger partial charge in [-0.15, -0.1) is 0 Å². The van der Waals surface area contributed by atoms with E-state index in [0.29, 0.717) is 16.3 Å². The Labute approximate surface area is 173 Å². The number of nitrogens with one attached hydrogen (secondary N) is 2. The normalized spacial score (nSPS) is 10.3. The Morgan fingerprint density at radius 3 is 2.55 bits per heavy atom. The number of rotatable bonds is 5. The van der Waals surface area contributed by atoms with Crippen molar-refractivity contribution in [3.8, 4) is 11.3 Å². The van der Waals surface area contributed by atoms with Crippen LogP contribution in [-0.2, 0) is 4.74 Å². The standard InChI is InChI=1S/C18H13ClN4O5S/c1-28-18(25)22-17-20-14(10-5-3-2-4-6-10)16(29-17)21-15(24)12-9-11(23(26)27)7-8-13(12)19/h2-9H,1H3,(H,21,24)(H,20,22,25). The predicted octanol–water partition coefficient (Wildman–Crippen LogP) is 4.80. The zero-order valence-electron chi connectivity index (χ0n) is 14.8. The number of nitro groups is 1. The van der Waals surface area contributed by atoms with Gasteiger partial charge in [0, 0.05) is 17.7 Å². The number of thiazole rings is 1. The third kappa shape index (κ3) is 4.68. The van der Waals surface area contributed by atoms with Gasteiger partial charge in [0.2, 0.25) is 0 Å². The third-order valence-corrected chi connectivity index (χ3v) is 4.92. The average Bonchev–Trinajstić information content (AvgIpc) is 3.10. The van der Waals surface area contributed by atoms with Crippen LogP contribution >= 0.6 is 22.9 Å². The van der Waals surface area contributed by atoms with Crippen molar-refractivity contribution in [2.45, 2.75) is 0 Å². The van der Waals surface area contributed by atoms with Crippen molar-refractivity contribution in [3.63, 3.8) is 0 Å². The number of ether oxygens (including phenoxy) is 1. The summed E-state index contributed by atoms with van der Waals surface area (Å²) in [5, 5.41) is 16.7. The van der Waals surface area contributed by atoms with Gasteiger partial charge in [-0.1, -0.05) is 53.3 Å². The molecular formula is C18H13ClN4O5S. The number of halogens is 1. The fourth-order valence-electron chi connectivity index (χ4n) is 2.36. The highest BCUT2D eigenvalue weighted by atomic mass is 35.5. The number of methoxy groups -OCH3 is 1. The van der Waals surface area contributed by atoms with Crippen LogP contribution in [0.25, 0.3) is 11.3 Å². The summed E-state index contributed by atoms with van der Waals surface area (Å²) in [6, 6.07) is 12.6. The Morgan fingerprint density at radius 1 is 1.17 bits per heavy atom. The Hall–Kier alpha value is -3.50. The highest BCUT2D eigenvalue weighted by Gasteiger charge is 2.21. The van der Waals surface area contributed by atoms with Crippen molar-refractivity contribution in [2.75, 3.05) is 17.7 Å². The lowest BCUT2D eigenvalue weighted by Crippen LogP contribution is -2.12. The zero-order valence-corrected chi connectivity index (χ0v) is 16.4. The van der Waals surface area contributed by atoms with Gasteiger partial charge in [-0.25, -0.2) is 9.78 Å². The quantitative estimate of drug-likeness (QED) is 0.440. The smallest absolute Gasteiger partial charge is 0.413 e. The molecule has 0 bridgehead atoms. The second kappa shape index (κ2) is 8.67. The van der Waals surface area contributed by atoms with Crippen LogP contribution in [0.4, 0.5) is 20.6 Å². The minimum Gasteiger partial charge on any atom is -0.453 e. The monoisotopic (exact) mass is 432 g/mol. The molecule has 0 atom stereocenters. The van der Waals surface area contributed by atoms with E-state index in [2.05, 4.69) is 20.4 Å². The summed E-state index contributed by atoms with van der Waals surface area (Å²) < 4.78 is 4.56. The van der Waals surface area contributed by atoms with Gasteiger partial charge in [0.1, 0.15) is 10.7 Å². The van der Waals surface area contributed by atoms with Crippen LogP contribution in [0.2, 0.25) is 5.02 Å². The number of hydrogen-bond acceptors (Lipinski definition) is 7. The van der Waals surface area contributed by atoms with Crippen LogP contribution < -0.4 is 10.6 Å². The lowest BCUT2D eigenvalue weighted by molar-refractivity contribution is -0.384. The highest BCUT2D eigenvalue weighted by Crippen LogP contribution is 2.36. The molecule has 0 fully saturated rings. The molecule has 0 saturated carbocycles. The van der Waals surface area contributed by atoms with Crippen LogP contribution in [0.5, 0.6) is 0 Å². The number of non-ortho nitro benzene ring substituents is 1. The van der Waals surface area contributed by atoms with Crippen LogP contribution in [0.1, 0.15) is 10.4 Å². The van der Waals surface area contributed by atoms with Crippen molar-refractivity contribution >= 4 is 50.8 Å². The van der Waals surface area contributed by atoms with Gasteiger partial charge in [-0.05, 0) is 6.07 Å². The van der Waals surface area contributed by atoms with E-state index in [4.69, 9.17) is 11.6 Å². The van der Waals surface area contributed by atoms with E-state index in [9.17, 15) is 19.7 Å². The summed E-state index contributed by atoms with van der Waals surface area (Å²) in [6.45, 7) is 0. The molecule has 0 aliphatic heterocycles. The number of benzene rings is 2. The summed E-state index contributed by atoms with van der Waals surface area (Å²) in [6.07, 6.45) is -0.710. The van der Waals surface area contributed by atoms with Crippen LogP contribution in [0.3, 0.4) is 0 Å². The summed E-state index contributed by atoms with van der Waals surface area (Å²) >= 11 is 7.05. The summed E-state index contributed by atoms with van der Waals surface area (Å²) in [5.41, 5.74) is 0.787. The molecule has 2 aromatic carbocycles. The van der Waals surface area contributed by atoms with Crippen molar-refractivity contribution in [2.24, 2.45) is 0 Å². The molecule has 9 nitrogen and oxygen atoms in total. The molecule has 0 aliphatic rings. The van der Waals surface area contributed by atoms with Gasteiger partial charge in [-0.2, -0.15) is 0 Å². The zero-order chi connectivity index (χ0) is 21.0. The van der Waals surface area contributed by atoms with E-state index in [0.717, 1.165) is 17.4 Å². The first-order valence-electron chi connectivity index (χ1n) is 8.05. The number of anilines is 2. The number of amides is 2. The van der Waals surface area contributed by atoms with E-state index in [1.54, 1.807) is 24.3 Å². The number of nitro benzene ring substituents is 1. The van der Waals surface area contributed by atoms with Crippen molar-refractivity contribution in [3.05, 3.63) is 69.2 Å². The minimum absolute atomic E-state index is 0.0595. The Morgan fingerprint density at radius 2 is 1.90 bits per heavy atom. The first-order valence-corrected chi connectivity index (χ1v) is 9.25. The SMILES string of the molecule is COC(=O)Nc1nc(-c2ccccc2)c(NC(=O)c2cc([N+](=O)[O-])ccc2Cl)s1. The molecule has 0 saturated heterocycles. The van der Waals surface area contributed by atoms with E-state index >= 15 is 0 Å². The largest absolute Gasteiger partial charge is 0.453 e. The Kier molecular flexibility index (Phi) is 6.05. The molecule has 148 valence electrons. The lowest BCUT2D eigenvalue weighted by Gasteiger charge is -2.07. The summed E-state index contributed by atoms with van der Waals surface area (Å²) in [4.78, 5) is 38.9. The van der Waals surface area contributed by atoms with Crippen molar-refractivity contribution in [1.82, 2.24) is 4.98 Å². The van der Waals surface area contributed by atoms with E-state index in [-0.39, 0.29) is 21.4 Å². The first-order chi connectivity index (χ1) is 13.9. The molecule has 1 aromatic heterocycles. The van der Waals surface area contributed by atoms with Gasteiger partial charge in [0.05, 0.1) is 22.6 Å². The lowest BCUT2D eigenvalue weighted by atomic mass is 10.1. The van der Waals surface area contributed by atoms with Crippen LogP contribution in [-0.4, -0.2) is 29.0 Å². The molecule has 29 heavy (non-hydrogen) atoms. The fourth-order valence-corrected chi connectivity index (χ4v) is 3.43. The number of hydrogen-bond donors (Lipinski definition) is 2. The summed E-state index contributed by atoms with van der Waals surface area (Å²) in [5.74, 6) is -0.649. The average molecular weight is 433 g/mol. The van der Waals surface area contributed by atoms with Crippen LogP contribution in [0.15, 0.2) is 48.5 Å². The first kappa shape index (κ1) is 20.2. The molecule has 1 heterocycles. The number of aromatic nitrogens is 1. The maximum atomic E-state index is 12.7. The van der Waals surface area contributed by atoms with Gasteiger partial charge >= 0.3 is 6.09 Å². The van der Waals surface area contributed by atoms with E-state index in [1.807, 2.05) is 6.07 Å². The molecule has 2 amide bonds. The molecule has 11 heteroatoms. The minimum atomic E-state index is -0.710. The molecule has 3 rings (SSSR count). The van der Waals surface area contributed by atoms with Gasteiger partial charge in [0.15, 0.2) is 5.13 Å². The number of carbonyl (C=O) groups is 2. The van der Waals surface area contributed by atoms with E-state index < -0.39 is 16.9 Å². The molecule has 0 unspecified atom stereocenters. The molecular weight excluding hydrogens is 420 g/mol. The maximum Gasteiger partial charge on any atom is 0.413 e. The maximum absolute atomic E-state index is 12.7. The topological polar surface area (TPSA) is 123 Å². The number of nitrogens with zero attached hydrogens (tertiary/aromatic N) is 2. The predicted molar refractivity (Wildman–Crippen MR) is 110 cm³/mol. The molecule has 0 spiro atoms. The highest BCUT2D eigenvalue weighted by molar-refractivity contribution is 7.20. The fraction of sp³-hybridized carbons (Fsp3) is 0.0556. The molecule has 0 radical (unpaired) electrons. The number of carbonyl (C=O) groups excluding carboxylic acids is 2. The summed E-state index contributed by atoms with van der Waals surface area (Å²) in [7, 11) is 1.22. The second-order valence-electron chi connectivity index (χ2n) is 5.55. The van der Waals surface area contributed by atoms with Gasteiger partial charge in [-0.3, -0.25) is 20.2 Å².